The van der Waals surface area contributed by atoms with Gasteiger partial charge in [-0.3, -0.25) is 4.79 Å². The van der Waals surface area contributed by atoms with Gasteiger partial charge >= 0.3 is 5.97 Å². The molecule has 136 valence electrons. The van der Waals surface area contributed by atoms with Crippen LogP contribution in [0.5, 0.6) is 0 Å². The van der Waals surface area contributed by atoms with Crippen molar-refractivity contribution in [1.82, 2.24) is 5.32 Å². The minimum absolute atomic E-state index is 0.281. The number of hydrogen-bond donors (Lipinski definition) is 2. The Bertz CT molecular complexity index is 780. The molecule has 2 aromatic rings. The molecular weight excluding hydrogens is 354 g/mol. The molecule has 1 saturated heterocycles. The molecule has 2 aromatic carbocycles. The first-order chi connectivity index (χ1) is 12.5. The summed E-state index contributed by atoms with van der Waals surface area (Å²) in [5.74, 6) is -1.33. The van der Waals surface area contributed by atoms with Crippen molar-refractivity contribution >= 4 is 23.5 Å². The van der Waals surface area contributed by atoms with E-state index in [0.29, 0.717) is 24.3 Å². The molecule has 1 unspecified atom stereocenters. The van der Waals surface area contributed by atoms with Crippen LogP contribution < -0.4 is 5.32 Å². The maximum atomic E-state index is 12.6. The fraction of sp³-hybridized carbons (Fsp3) is 0.300. The van der Waals surface area contributed by atoms with E-state index in [1.807, 2.05) is 54.6 Å². The molecule has 0 radical (unpaired) electrons. The van der Waals surface area contributed by atoms with Gasteiger partial charge in [-0.2, -0.15) is 0 Å². The smallest absolute Gasteiger partial charge is 0.332 e. The molecule has 0 spiro atoms. The van der Waals surface area contributed by atoms with Gasteiger partial charge in [-0.15, -0.1) is 0 Å². The van der Waals surface area contributed by atoms with Crippen LogP contribution in [0.25, 0.3) is 0 Å². The third kappa shape index (κ3) is 4.42. The van der Waals surface area contributed by atoms with Gasteiger partial charge in [0, 0.05) is 5.02 Å². The van der Waals surface area contributed by atoms with Gasteiger partial charge in [0.2, 0.25) is 5.91 Å². The number of benzene rings is 2. The fourth-order valence-corrected chi connectivity index (χ4v) is 3.31. The standard InChI is InChI=1S/C20H20ClNO4/c21-15-9-5-4-8-14(15)12-16(13-6-2-1-3-7-13)22-19(23)17-10-11-18(26-17)20(24)25/h1-9,16-18H,10-12H2,(H,22,23)(H,24,25)/t16?,17-,18+/m0/s1. The molecule has 3 rings (SSSR count). The molecule has 5 nitrogen and oxygen atoms in total. The van der Waals surface area contributed by atoms with Gasteiger partial charge in [0.15, 0.2) is 6.10 Å². The number of carboxylic acids is 1. The van der Waals surface area contributed by atoms with Crippen LogP contribution in [0.2, 0.25) is 5.02 Å². The number of amides is 1. The molecule has 3 atom stereocenters. The van der Waals surface area contributed by atoms with Crippen molar-refractivity contribution in [3.05, 3.63) is 70.7 Å². The van der Waals surface area contributed by atoms with E-state index in [4.69, 9.17) is 21.4 Å². The molecule has 26 heavy (non-hydrogen) atoms. The Kier molecular flexibility index (Phi) is 5.91. The Morgan fingerprint density at radius 2 is 1.73 bits per heavy atom. The summed E-state index contributed by atoms with van der Waals surface area (Å²) in [6.07, 6.45) is -0.382. The zero-order valence-electron chi connectivity index (χ0n) is 14.1. The molecule has 0 saturated carbocycles. The average Bonchev–Trinajstić information content (AvgIpc) is 3.14. The van der Waals surface area contributed by atoms with E-state index < -0.39 is 18.2 Å². The highest BCUT2D eigenvalue weighted by atomic mass is 35.5. The molecule has 0 aliphatic carbocycles. The Hall–Kier alpha value is -2.37. The summed E-state index contributed by atoms with van der Waals surface area (Å²) < 4.78 is 5.36. The van der Waals surface area contributed by atoms with Gasteiger partial charge in [-0.25, -0.2) is 4.79 Å². The first-order valence-corrected chi connectivity index (χ1v) is 8.89. The Morgan fingerprint density at radius 1 is 1.08 bits per heavy atom. The highest BCUT2D eigenvalue weighted by Gasteiger charge is 2.35. The van der Waals surface area contributed by atoms with E-state index in [1.54, 1.807) is 0 Å². The molecule has 0 aromatic heterocycles. The van der Waals surface area contributed by atoms with Crippen molar-refractivity contribution in [3.63, 3.8) is 0 Å². The van der Waals surface area contributed by atoms with E-state index in [0.717, 1.165) is 11.1 Å². The van der Waals surface area contributed by atoms with Gasteiger partial charge in [0.1, 0.15) is 6.10 Å². The summed E-state index contributed by atoms with van der Waals surface area (Å²) in [5.41, 5.74) is 1.88. The second-order valence-corrected chi connectivity index (χ2v) is 6.70. The predicted molar refractivity (Wildman–Crippen MR) is 98.0 cm³/mol. The third-order valence-corrected chi connectivity index (χ3v) is 4.86. The summed E-state index contributed by atoms with van der Waals surface area (Å²) >= 11 is 6.27. The van der Waals surface area contributed by atoms with Crippen LogP contribution in [0.1, 0.15) is 30.0 Å². The molecule has 1 amide bonds. The number of nitrogens with one attached hydrogen (secondary N) is 1. The van der Waals surface area contributed by atoms with E-state index >= 15 is 0 Å². The monoisotopic (exact) mass is 373 g/mol. The van der Waals surface area contributed by atoms with Crippen LogP contribution in [0, 0.1) is 0 Å². The van der Waals surface area contributed by atoms with E-state index in [-0.39, 0.29) is 11.9 Å². The summed E-state index contributed by atoms with van der Waals surface area (Å²) in [6.45, 7) is 0. The zero-order chi connectivity index (χ0) is 18.5. The number of carboxylic acid groups (broad SMARTS) is 1. The van der Waals surface area contributed by atoms with Crippen LogP contribution in [-0.4, -0.2) is 29.2 Å². The highest BCUT2D eigenvalue weighted by molar-refractivity contribution is 6.31. The van der Waals surface area contributed by atoms with Crippen LogP contribution in [0.4, 0.5) is 0 Å². The normalized spacial score (nSPS) is 20.5. The summed E-state index contributed by atoms with van der Waals surface area (Å²) in [4.78, 5) is 23.6. The van der Waals surface area contributed by atoms with E-state index in [2.05, 4.69) is 5.32 Å². The number of hydrogen-bond acceptors (Lipinski definition) is 3. The van der Waals surface area contributed by atoms with Crippen molar-refractivity contribution in [2.45, 2.75) is 37.5 Å². The first kappa shape index (κ1) is 18.4. The van der Waals surface area contributed by atoms with Crippen LogP contribution in [0.3, 0.4) is 0 Å². The largest absolute Gasteiger partial charge is 0.479 e. The SMILES string of the molecule is O=C(NC(Cc1ccccc1Cl)c1ccccc1)[C@@H]1CC[C@H](C(=O)O)O1. The molecule has 0 bridgehead atoms. The van der Waals surface area contributed by atoms with Crippen molar-refractivity contribution in [2.24, 2.45) is 0 Å². The summed E-state index contributed by atoms with van der Waals surface area (Å²) in [7, 11) is 0. The lowest BCUT2D eigenvalue weighted by Gasteiger charge is -2.22. The fourth-order valence-electron chi connectivity index (χ4n) is 3.10. The van der Waals surface area contributed by atoms with Crippen molar-refractivity contribution in [1.29, 1.82) is 0 Å². The van der Waals surface area contributed by atoms with E-state index in [9.17, 15) is 9.59 Å². The summed E-state index contributed by atoms with van der Waals surface area (Å²) in [6, 6.07) is 16.8. The Labute approximate surface area is 156 Å². The molecule has 1 aliphatic heterocycles. The second kappa shape index (κ2) is 8.34. The lowest BCUT2D eigenvalue weighted by Crippen LogP contribution is -2.38. The minimum atomic E-state index is -1.03. The van der Waals surface area contributed by atoms with Gasteiger partial charge < -0.3 is 15.2 Å². The van der Waals surface area contributed by atoms with Crippen molar-refractivity contribution in [2.75, 3.05) is 0 Å². The number of carbonyl (C=O) groups is 2. The molecular formula is C20H20ClNO4. The molecule has 1 heterocycles. The topological polar surface area (TPSA) is 75.6 Å². The minimum Gasteiger partial charge on any atom is -0.479 e. The van der Waals surface area contributed by atoms with Crippen LogP contribution in [0.15, 0.2) is 54.6 Å². The predicted octanol–water partition coefficient (Wildman–Crippen LogP) is 3.37. The lowest BCUT2D eigenvalue weighted by molar-refractivity contribution is -0.151. The Morgan fingerprint density at radius 3 is 2.38 bits per heavy atom. The second-order valence-electron chi connectivity index (χ2n) is 6.30. The Balaban J connectivity index is 1.75. The van der Waals surface area contributed by atoms with E-state index in [1.165, 1.54) is 0 Å². The third-order valence-electron chi connectivity index (χ3n) is 4.49. The van der Waals surface area contributed by atoms with Gasteiger partial charge in [0.25, 0.3) is 0 Å². The number of carbonyl (C=O) groups excluding carboxylic acids is 1. The highest BCUT2D eigenvalue weighted by Crippen LogP contribution is 2.25. The van der Waals surface area contributed by atoms with Gasteiger partial charge in [0.05, 0.1) is 6.04 Å². The van der Waals surface area contributed by atoms with Gasteiger partial charge in [-0.05, 0) is 36.5 Å². The van der Waals surface area contributed by atoms with Crippen molar-refractivity contribution in [3.8, 4) is 0 Å². The molecule has 6 heteroatoms. The number of aliphatic carboxylic acids is 1. The number of rotatable bonds is 6. The molecule has 2 N–H and O–H groups in total. The zero-order valence-corrected chi connectivity index (χ0v) is 14.9. The van der Waals surface area contributed by atoms with Crippen molar-refractivity contribution < 1.29 is 19.4 Å². The molecule has 1 aliphatic rings. The van der Waals surface area contributed by atoms with Crippen LogP contribution >= 0.6 is 11.6 Å². The average molecular weight is 374 g/mol. The number of halogens is 1. The van der Waals surface area contributed by atoms with Gasteiger partial charge in [-0.1, -0.05) is 60.1 Å². The molecule has 1 fully saturated rings. The number of ether oxygens (including phenoxy) is 1. The lowest BCUT2D eigenvalue weighted by atomic mass is 9.98. The maximum Gasteiger partial charge on any atom is 0.332 e. The van der Waals surface area contributed by atoms with Crippen LogP contribution in [-0.2, 0) is 20.7 Å². The quantitative estimate of drug-likeness (QED) is 0.814. The maximum absolute atomic E-state index is 12.6. The summed E-state index contributed by atoms with van der Waals surface area (Å²) in [5, 5.41) is 12.7. The first-order valence-electron chi connectivity index (χ1n) is 8.51.